The lowest BCUT2D eigenvalue weighted by Gasteiger charge is -2.34. The molecule has 5 heteroatoms. The summed E-state index contributed by atoms with van der Waals surface area (Å²) in [4.78, 5) is 0. The molecule has 2 aromatic heterocycles. The van der Waals surface area contributed by atoms with Crippen molar-refractivity contribution in [3.05, 3.63) is 35.5 Å². The minimum Gasteiger partial charge on any atom is -0.379 e. The maximum atomic E-state index is 6.04. The van der Waals surface area contributed by atoms with Crippen LogP contribution in [-0.4, -0.2) is 23.0 Å². The summed E-state index contributed by atoms with van der Waals surface area (Å²) in [5.74, 6) is 0.810. The van der Waals surface area contributed by atoms with Gasteiger partial charge in [0, 0.05) is 11.9 Å². The van der Waals surface area contributed by atoms with E-state index < -0.39 is 0 Å². The van der Waals surface area contributed by atoms with Gasteiger partial charge >= 0.3 is 0 Å². The number of aromatic nitrogens is 3. The van der Waals surface area contributed by atoms with Gasteiger partial charge in [0.1, 0.15) is 5.41 Å². The zero-order valence-corrected chi connectivity index (χ0v) is 16.6. The fourth-order valence-electron chi connectivity index (χ4n) is 4.62. The summed E-state index contributed by atoms with van der Waals surface area (Å²) in [6.45, 7) is 11.4. The van der Waals surface area contributed by atoms with Crippen molar-refractivity contribution >= 4 is 0 Å². The Balaban J connectivity index is 1.61. The van der Waals surface area contributed by atoms with Crippen molar-refractivity contribution in [2.75, 3.05) is 13.2 Å². The Morgan fingerprint density at radius 2 is 2.00 bits per heavy atom. The van der Waals surface area contributed by atoms with Gasteiger partial charge in [0.05, 0.1) is 30.7 Å². The van der Waals surface area contributed by atoms with Gasteiger partial charge in [-0.1, -0.05) is 33.6 Å². The van der Waals surface area contributed by atoms with Gasteiger partial charge in [0.15, 0.2) is 6.26 Å². The third-order valence-electron chi connectivity index (χ3n) is 6.18. The molecule has 5 nitrogen and oxygen atoms in total. The van der Waals surface area contributed by atoms with Crippen LogP contribution >= 0.6 is 0 Å². The van der Waals surface area contributed by atoms with Crippen LogP contribution in [0.4, 0.5) is 0 Å². The molecule has 2 aliphatic rings. The molecule has 4 rings (SSSR count). The Labute approximate surface area is 156 Å². The monoisotopic (exact) mass is 358 g/mol. The largest absolute Gasteiger partial charge is 0.379 e. The molecule has 2 aromatic rings. The molecule has 3 heterocycles. The van der Waals surface area contributed by atoms with Crippen LogP contribution in [0.2, 0.25) is 0 Å². The van der Waals surface area contributed by atoms with Gasteiger partial charge in [0.2, 0.25) is 12.2 Å². The number of ether oxygens (including phenoxy) is 1. The lowest BCUT2D eigenvalue weighted by Crippen LogP contribution is -2.53. The molecule has 0 bridgehead atoms. The molecule has 1 unspecified atom stereocenters. The maximum absolute atomic E-state index is 6.04. The highest BCUT2D eigenvalue weighted by Crippen LogP contribution is 2.36. The molecule has 0 spiro atoms. The zero-order valence-electron chi connectivity index (χ0n) is 16.6. The zero-order chi connectivity index (χ0) is 18.3. The first-order valence-electron chi connectivity index (χ1n) is 10.1. The Kier molecular flexibility index (Phi) is 4.68. The quantitative estimate of drug-likeness (QED) is 0.731. The molecule has 1 aliphatic heterocycles. The summed E-state index contributed by atoms with van der Waals surface area (Å²) in [7, 11) is 0. The fraction of sp³-hybridized carbons (Fsp3) is 0.714. The van der Waals surface area contributed by atoms with Crippen molar-refractivity contribution in [2.45, 2.75) is 83.2 Å². The van der Waals surface area contributed by atoms with E-state index in [0.29, 0.717) is 17.9 Å². The van der Waals surface area contributed by atoms with Crippen LogP contribution in [0.15, 0.2) is 23.0 Å². The Morgan fingerprint density at radius 3 is 2.62 bits per heavy atom. The second-order valence-corrected chi connectivity index (χ2v) is 8.84. The van der Waals surface area contributed by atoms with Crippen molar-refractivity contribution in [1.82, 2.24) is 9.78 Å². The van der Waals surface area contributed by atoms with Gasteiger partial charge in [-0.15, -0.1) is 0 Å². The molecular weight excluding hydrogens is 326 g/mol. The summed E-state index contributed by atoms with van der Waals surface area (Å²) in [5.41, 5.74) is 4.02. The smallest absolute Gasteiger partial charge is 0.245 e. The second-order valence-electron chi connectivity index (χ2n) is 8.84. The summed E-state index contributed by atoms with van der Waals surface area (Å²) in [6, 6.07) is 2.76. The molecule has 0 amide bonds. The highest BCUT2D eigenvalue weighted by Gasteiger charge is 2.47. The SMILES string of the molecule is CC(C)c1co[n+](CC(C)c2ccnn2C2CCCC2)c1C1(C)COC1. The van der Waals surface area contributed by atoms with E-state index in [1.54, 1.807) is 0 Å². The third kappa shape index (κ3) is 3.00. The third-order valence-corrected chi connectivity index (χ3v) is 6.18. The van der Waals surface area contributed by atoms with Gasteiger partial charge in [-0.2, -0.15) is 5.10 Å². The number of nitrogens with zero attached hydrogens (tertiary/aromatic N) is 3. The van der Waals surface area contributed by atoms with Crippen LogP contribution in [0.3, 0.4) is 0 Å². The predicted octanol–water partition coefficient (Wildman–Crippen LogP) is 4.09. The van der Waals surface area contributed by atoms with E-state index in [-0.39, 0.29) is 5.41 Å². The van der Waals surface area contributed by atoms with Gasteiger partial charge in [-0.25, -0.2) is 4.52 Å². The van der Waals surface area contributed by atoms with E-state index in [9.17, 15) is 0 Å². The Hall–Kier alpha value is -1.62. The van der Waals surface area contributed by atoms with Crippen molar-refractivity contribution in [3.8, 4) is 0 Å². The van der Waals surface area contributed by atoms with Gasteiger partial charge < -0.3 is 4.74 Å². The van der Waals surface area contributed by atoms with E-state index in [1.807, 2.05) is 12.5 Å². The van der Waals surface area contributed by atoms with Crippen LogP contribution in [0.25, 0.3) is 0 Å². The van der Waals surface area contributed by atoms with Crippen LogP contribution in [0, 0.1) is 0 Å². The molecule has 0 N–H and O–H groups in total. The molecule has 1 saturated heterocycles. The first-order chi connectivity index (χ1) is 12.5. The first kappa shape index (κ1) is 17.8. The summed E-state index contributed by atoms with van der Waals surface area (Å²) in [5, 5.41) is 4.65. The highest BCUT2D eigenvalue weighted by molar-refractivity contribution is 5.25. The fourth-order valence-corrected chi connectivity index (χ4v) is 4.62. The molecule has 142 valence electrons. The lowest BCUT2D eigenvalue weighted by molar-refractivity contribution is -0.873. The molecule has 1 saturated carbocycles. The van der Waals surface area contributed by atoms with Gasteiger partial charge in [0.25, 0.3) is 0 Å². The van der Waals surface area contributed by atoms with E-state index >= 15 is 0 Å². The van der Waals surface area contributed by atoms with E-state index in [1.165, 1.54) is 42.6 Å². The topological polar surface area (TPSA) is 44.1 Å². The minimum atomic E-state index is 0.0675. The minimum absolute atomic E-state index is 0.0675. The average Bonchev–Trinajstić information content (AvgIpc) is 3.31. The molecular formula is C21H32N3O2+. The van der Waals surface area contributed by atoms with E-state index in [4.69, 9.17) is 9.26 Å². The van der Waals surface area contributed by atoms with Crippen LogP contribution in [0.1, 0.15) is 88.2 Å². The van der Waals surface area contributed by atoms with Crippen LogP contribution in [0.5, 0.6) is 0 Å². The Bertz CT molecular complexity index is 751. The second kappa shape index (κ2) is 6.84. The molecule has 0 aromatic carbocycles. The summed E-state index contributed by atoms with van der Waals surface area (Å²) < 4.78 is 16.0. The lowest BCUT2D eigenvalue weighted by atomic mass is 9.80. The molecule has 1 atom stereocenters. The molecule has 1 aliphatic carbocycles. The van der Waals surface area contributed by atoms with Crippen LogP contribution < -0.4 is 4.74 Å². The Morgan fingerprint density at radius 1 is 1.27 bits per heavy atom. The molecule has 0 radical (unpaired) electrons. The molecule has 26 heavy (non-hydrogen) atoms. The number of hydrogen-bond acceptors (Lipinski definition) is 3. The van der Waals surface area contributed by atoms with Crippen molar-refractivity contribution < 1.29 is 14.0 Å². The standard InChI is InChI=1S/C21H32N3O2/c1-15(2)18-12-26-23(20(18)21(4)13-25-14-21)11-16(3)19-9-10-22-24(19)17-7-5-6-8-17/h9-10,12,15-17H,5-8,11,13-14H2,1-4H3/q+1. The summed E-state index contributed by atoms with van der Waals surface area (Å²) >= 11 is 0. The number of hydrogen-bond donors (Lipinski definition) is 0. The van der Waals surface area contributed by atoms with Crippen molar-refractivity contribution in [1.29, 1.82) is 0 Å². The summed E-state index contributed by atoms with van der Waals surface area (Å²) in [6.07, 6.45) is 9.07. The van der Waals surface area contributed by atoms with Crippen molar-refractivity contribution in [2.24, 2.45) is 0 Å². The normalized spacial score (nSPS) is 21.3. The highest BCUT2D eigenvalue weighted by atomic mass is 16.5. The first-order valence-corrected chi connectivity index (χ1v) is 10.1. The van der Waals surface area contributed by atoms with Gasteiger partial charge in [-0.3, -0.25) is 4.68 Å². The average molecular weight is 359 g/mol. The molecule has 2 fully saturated rings. The van der Waals surface area contributed by atoms with E-state index in [2.05, 4.69) is 48.3 Å². The maximum Gasteiger partial charge on any atom is 0.245 e. The van der Waals surface area contributed by atoms with Crippen LogP contribution in [-0.2, 0) is 16.7 Å². The van der Waals surface area contributed by atoms with E-state index in [0.717, 1.165) is 19.8 Å². The number of rotatable bonds is 6. The van der Waals surface area contributed by atoms with Crippen molar-refractivity contribution in [3.63, 3.8) is 0 Å². The van der Waals surface area contributed by atoms with Gasteiger partial charge in [-0.05, 0) is 36.5 Å². The predicted molar refractivity (Wildman–Crippen MR) is 99.3 cm³/mol.